The third-order valence-electron chi connectivity index (χ3n) is 2.75. The van der Waals surface area contributed by atoms with Crippen molar-refractivity contribution in [2.45, 2.75) is 6.29 Å². The number of hydrogen-bond donors (Lipinski definition) is 1. The lowest BCUT2D eigenvalue weighted by atomic mass is 10.0. The first kappa shape index (κ1) is 10.8. The molecule has 3 rings (SSSR count). The van der Waals surface area contributed by atoms with Crippen LogP contribution in [-0.4, -0.2) is 12.1 Å². The number of nitrogens with zero attached hydrogens (tertiary/aromatic N) is 3. The van der Waals surface area contributed by atoms with Gasteiger partial charge in [0.15, 0.2) is 5.84 Å². The summed E-state index contributed by atoms with van der Waals surface area (Å²) in [5, 5.41) is 7.77. The highest BCUT2D eigenvalue weighted by Gasteiger charge is 2.11. The molecule has 4 nitrogen and oxygen atoms in total. The van der Waals surface area contributed by atoms with Crippen molar-refractivity contribution in [2.24, 2.45) is 21.0 Å². The Morgan fingerprint density at radius 3 is 2.28 bits per heavy atom. The van der Waals surface area contributed by atoms with Gasteiger partial charge in [0.2, 0.25) is 6.29 Å². The van der Waals surface area contributed by atoms with Crippen molar-refractivity contribution in [3.8, 4) is 11.1 Å². The number of hydrogen-bond acceptors (Lipinski definition) is 4. The van der Waals surface area contributed by atoms with E-state index in [4.69, 9.17) is 5.73 Å². The van der Waals surface area contributed by atoms with Gasteiger partial charge in [0, 0.05) is 5.56 Å². The highest BCUT2D eigenvalue weighted by atomic mass is 15.3. The van der Waals surface area contributed by atoms with Gasteiger partial charge in [-0.25, -0.2) is 4.99 Å². The second kappa shape index (κ2) is 4.50. The van der Waals surface area contributed by atoms with Crippen molar-refractivity contribution in [2.75, 3.05) is 0 Å². The van der Waals surface area contributed by atoms with Gasteiger partial charge in [-0.1, -0.05) is 48.5 Å². The van der Waals surface area contributed by atoms with E-state index in [0.717, 1.165) is 11.1 Å². The summed E-state index contributed by atoms with van der Waals surface area (Å²) in [6.45, 7) is 0. The van der Waals surface area contributed by atoms with Gasteiger partial charge in [-0.2, -0.15) is 0 Å². The minimum Gasteiger partial charge on any atom is -0.290 e. The molecule has 88 valence electrons. The minimum atomic E-state index is -0.555. The number of nitrogens with two attached hydrogens (primary N) is 1. The average molecular weight is 236 g/mol. The third-order valence-corrected chi connectivity index (χ3v) is 2.75. The van der Waals surface area contributed by atoms with E-state index < -0.39 is 6.29 Å². The van der Waals surface area contributed by atoms with Crippen LogP contribution < -0.4 is 5.73 Å². The van der Waals surface area contributed by atoms with Crippen molar-refractivity contribution in [3.05, 3.63) is 60.2 Å². The Morgan fingerprint density at radius 2 is 1.56 bits per heavy atom. The predicted molar refractivity (Wildman–Crippen MR) is 71.2 cm³/mol. The standard InChI is InChI=1S/C14H12N4/c15-14-16-13(17-18-14)12-8-4-7-11(9-12)10-5-2-1-3-6-10/h1-9,14H,15H2. The third kappa shape index (κ3) is 2.06. The molecule has 0 spiro atoms. The summed E-state index contributed by atoms with van der Waals surface area (Å²) < 4.78 is 0. The van der Waals surface area contributed by atoms with Crippen LogP contribution >= 0.6 is 0 Å². The summed E-state index contributed by atoms with van der Waals surface area (Å²) in [5.74, 6) is 0.597. The number of azo groups is 1. The Kier molecular flexibility index (Phi) is 2.70. The fraction of sp³-hybridized carbons (Fsp3) is 0.0714. The SMILES string of the molecule is NC1N=NC(c2cccc(-c3ccccc3)c2)=N1. The molecular weight excluding hydrogens is 224 g/mol. The molecular formula is C14H12N4. The van der Waals surface area contributed by atoms with Gasteiger partial charge in [-0.05, 0) is 17.2 Å². The maximum atomic E-state index is 5.56. The van der Waals surface area contributed by atoms with Crippen LogP contribution in [0.2, 0.25) is 0 Å². The second-order valence-electron chi connectivity index (χ2n) is 4.03. The molecule has 1 atom stereocenters. The van der Waals surface area contributed by atoms with E-state index in [1.54, 1.807) is 0 Å². The van der Waals surface area contributed by atoms with Crippen LogP contribution in [-0.2, 0) is 0 Å². The molecule has 1 unspecified atom stereocenters. The molecule has 0 saturated heterocycles. The second-order valence-corrected chi connectivity index (χ2v) is 4.03. The van der Waals surface area contributed by atoms with Crippen LogP contribution in [0.1, 0.15) is 5.56 Å². The predicted octanol–water partition coefficient (Wildman–Crippen LogP) is 2.81. The van der Waals surface area contributed by atoms with Crippen molar-refractivity contribution in [1.82, 2.24) is 0 Å². The molecule has 0 aliphatic carbocycles. The van der Waals surface area contributed by atoms with E-state index in [1.165, 1.54) is 5.56 Å². The summed E-state index contributed by atoms with van der Waals surface area (Å²) in [7, 11) is 0. The van der Waals surface area contributed by atoms with Crippen LogP contribution in [0.3, 0.4) is 0 Å². The molecule has 0 fully saturated rings. The van der Waals surface area contributed by atoms with Crippen molar-refractivity contribution < 1.29 is 0 Å². The smallest absolute Gasteiger partial charge is 0.213 e. The zero-order valence-electron chi connectivity index (χ0n) is 9.69. The van der Waals surface area contributed by atoms with Gasteiger partial charge in [-0.15, -0.1) is 10.2 Å². The van der Waals surface area contributed by atoms with E-state index >= 15 is 0 Å². The normalized spacial score (nSPS) is 17.8. The summed E-state index contributed by atoms with van der Waals surface area (Å²) in [5.41, 5.74) is 8.80. The van der Waals surface area contributed by atoms with Crippen molar-refractivity contribution in [1.29, 1.82) is 0 Å². The van der Waals surface area contributed by atoms with Gasteiger partial charge >= 0.3 is 0 Å². The Bertz CT molecular complexity index is 617. The fourth-order valence-electron chi connectivity index (χ4n) is 1.89. The quantitative estimate of drug-likeness (QED) is 0.856. The summed E-state index contributed by atoms with van der Waals surface area (Å²) in [4.78, 5) is 4.15. The molecule has 0 amide bonds. The summed E-state index contributed by atoms with van der Waals surface area (Å²) in [6, 6.07) is 18.2. The zero-order valence-corrected chi connectivity index (χ0v) is 9.69. The number of aliphatic imine (C=N–C) groups is 1. The van der Waals surface area contributed by atoms with Crippen molar-refractivity contribution >= 4 is 5.84 Å². The molecule has 2 N–H and O–H groups in total. The van der Waals surface area contributed by atoms with E-state index in [-0.39, 0.29) is 0 Å². The van der Waals surface area contributed by atoms with Gasteiger partial charge in [0.1, 0.15) is 0 Å². The first-order valence-corrected chi connectivity index (χ1v) is 5.73. The Morgan fingerprint density at radius 1 is 0.833 bits per heavy atom. The van der Waals surface area contributed by atoms with Crippen LogP contribution in [0, 0.1) is 0 Å². The molecule has 4 heteroatoms. The average Bonchev–Trinajstić information content (AvgIpc) is 2.87. The molecule has 1 aliphatic rings. The molecule has 2 aromatic carbocycles. The highest BCUT2D eigenvalue weighted by molar-refractivity contribution is 6.00. The maximum Gasteiger partial charge on any atom is 0.213 e. The first-order valence-electron chi connectivity index (χ1n) is 5.73. The van der Waals surface area contributed by atoms with E-state index in [1.807, 2.05) is 36.4 Å². The molecule has 0 bridgehead atoms. The Hall–Kier alpha value is -2.33. The Balaban J connectivity index is 2.00. The fourth-order valence-corrected chi connectivity index (χ4v) is 1.89. The lowest BCUT2D eigenvalue weighted by Crippen LogP contribution is -2.10. The Labute approximate surface area is 105 Å². The van der Waals surface area contributed by atoms with Gasteiger partial charge in [0.25, 0.3) is 0 Å². The summed E-state index contributed by atoms with van der Waals surface area (Å²) >= 11 is 0. The molecule has 1 heterocycles. The van der Waals surface area contributed by atoms with E-state index in [0.29, 0.717) is 5.84 Å². The molecule has 1 aliphatic heterocycles. The van der Waals surface area contributed by atoms with Gasteiger partial charge < -0.3 is 0 Å². The monoisotopic (exact) mass is 236 g/mol. The van der Waals surface area contributed by atoms with Crippen LogP contribution in [0.5, 0.6) is 0 Å². The van der Waals surface area contributed by atoms with Crippen LogP contribution in [0.4, 0.5) is 0 Å². The van der Waals surface area contributed by atoms with Crippen LogP contribution in [0.15, 0.2) is 69.8 Å². The zero-order chi connectivity index (χ0) is 12.4. The number of benzene rings is 2. The molecule has 0 aromatic heterocycles. The number of amidine groups is 1. The van der Waals surface area contributed by atoms with E-state index in [9.17, 15) is 0 Å². The molecule has 0 saturated carbocycles. The first-order chi connectivity index (χ1) is 8.83. The van der Waals surface area contributed by atoms with E-state index in [2.05, 4.69) is 33.4 Å². The minimum absolute atomic E-state index is 0.555. The number of rotatable bonds is 2. The van der Waals surface area contributed by atoms with Crippen LogP contribution in [0.25, 0.3) is 11.1 Å². The van der Waals surface area contributed by atoms with Gasteiger partial charge in [0.05, 0.1) is 0 Å². The summed E-state index contributed by atoms with van der Waals surface area (Å²) in [6.07, 6.45) is -0.555. The molecule has 0 radical (unpaired) electrons. The lowest BCUT2D eigenvalue weighted by Gasteiger charge is -2.03. The molecule has 2 aromatic rings. The lowest BCUT2D eigenvalue weighted by molar-refractivity contribution is 0.749. The molecule has 18 heavy (non-hydrogen) atoms. The maximum absolute atomic E-state index is 5.56. The topological polar surface area (TPSA) is 63.1 Å². The van der Waals surface area contributed by atoms with Crippen molar-refractivity contribution in [3.63, 3.8) is 0 Å². The largest absolute Gasteiger partial charge is 0.290 e. The highest BCUT2D eigenvalue weighted by Crippen LogP contribution is 2.21. The van der Waals surface area contributed by atoms with Gasteiger partial charge in [-0.3, -0.25) is 5.73 Å².